The number of carboxylic acids is 1. The fraction of sp³-hybridized carbons (Fsp3) is 0.289. The number of pyridine rings is 1. The molecule has 2 heterocycles. The summed E-state index contributed by atoms with van der Waals surface area (Å²) in [5.41, 5.74) is 10.3. The van der Waals surface area contributed by atoms with Gasteiger partial charge in [0.25, 0.3) is 0 Å². The van der Waals surface area contributed by atoms with Gasteiger partial charge in [0.2, 0.25) is 5.91 Å². The van der Waals surface area contributed by atoms with Gasteiger partial charge < -0.3 is 30.3 Å². The van der Waals surface area contributed by atoms with Gasteiger partial charge in [0.05, 0.1) is 17.2 Å². The van der Waals surface area contributed by atoms with E-state index in [0.717, 1.165) is 51.9 Å². The zero-order valence-electron chi connectivity index (χ0n) is 32.4. The normalized spacial score (nSPS) is 14.5. The maximum Gasteiger partial charge on any atom is 0.326 e. The second-order valence-corrected chi connectivity index (χ2v) is 15.0. The van der Waals surface area contributed by atoms with Crippen molar-refractivity contribution in [1.29, 1.82) is 5.26 Å². The van der Waals surface area contributed by atoms with E-state index in [2.05, 4.69) is 83.3 Å². The lowest BCUT2D eigenvalue weighted by molar-refractivity contribution is -0.146. The Balaban J connectivity index is 1.23. The number of aliphatic hydroxyl groups excluding tert-OH is 1. The number of carboxylic acid groups (broad SMARTS) is 1. The van der Waals surface area contributed by atoms with Crippen LogP contribution in [0.4, 0.5) is 0 Å². The monoisotopic (exact) mass is 787 g/mol. The molecular formula is C45H46ClN5O6. The van der Waals surface area contributed by atoms with E-state index < -0.39 is 18.1 Å². The molecule has 0 fully saturated rings. The zero-order valence-corrected chi connectivity index (χ0v) is 33.2. The van der Waals surface area contributed by atoms with E-state index in [4.69, 9.17) is 21.1 Å². The molecule has 0 spiro atoms. The molecule has 2 unspecified atom stereocenters. The van der Waals surface area contributed by atoms with Crippen LogP contribution in [0.3, 0.4) is 0 Å². The van der Waals surface area contributed by atoms with Crippen molar-refractivity contribution in [1.82, 2.24) is 20.9 Å². The van der Waals surface area contributed by atoms with Crippen molar-refractivity contribution in [3.8, 4) is 39.8 Å². The lowest BCUT2D eigenvalue weighted by Gasteiger charge is -2.27. The minimum absolute atomic E-state index is 0.0234. The Morgan fingerprint density at radius 2 is 1.68 bits per heavy atom. The van der Waals surface area contributed by atoms with E-state index in [1.165, 1.54) is 31.2 Å². The van der Waals surface area contributed by atoms with Crippen LogP contribution < -0.4 is 25.4 Å². The van der Waals surface area contributed by atoms with Gasteiger partial charge in [-0.2, -0.15) is 5.26 Å². The number of aliphatic hydroxyl groups is 1. The minimum atomic E-state index is -1.59. The largest absolute Gasteiger partial charge is 0.488 e. The third kappa shape index (κ3) is 9.62. The number of carbonyl (C=O) groups excluding carboxylic acids is 1. The quantitative estimate of drug-likeness (QED) is 0.0763. The predicted molar refractivity (Wildman–Crippen MR) is 219 cm³/mol. The van der Waals surface area contributed by atoms with Gasteiger partial charge in [-0.1, -0.05) is 60.1 Å². The van der Waals surface area contributed by atoms with Crippen LogP contribution in [0.1, 0.15) is 58.4 Å². The van der Waals surface area contributed by atoms with Gasteiger partial charge in [-0.15, -0.1) is 0 Å². The van der Waals surface area contributed by atoms with Crippen molar-refractivity contribution in [2.45, 2.75) is 72.0 Å². The van der Waals surface area contributed by atoms with Crippen LogP contribution in [-0.2, 0) is 42.3 Å². The first-order valence-corrected chi connectivity index (χ1v) is 19.1. The topological polar surface area (TPSA) is 166 Å². The van der Waals surface area contributed by atoms with E-state index in [9.17, 15) is 25.1 Å². The van der Waals surface area contributed by atoms with Crippen LogP contribution in [0.15, 0.2) is 85.2 Å². The average molecular weight is 788 g/mol. The van der Waals surface area contributed by atoms with E-state index in [-0.39, 0.29) is 31.7 Å². The molecule has 4 aromatic carbocycles. The number of fused-ring (bicyclic) bond motifs is 1. The Morgan fingerprint density at radius 3 is 2.42 bits per heavy atom. The molecule has 12 heteroatoms. The summed E-state index contributed by atoms with van der Waals surface area (Å²) in [5.74, 6) is -0.474. The number of carbonyl (C=O) groups is 2. The highest BCUT2D eigenvalue weighted by Crippen LogP contribution is 2.37. The first kappa shape index (κ1) is 40.9. The summed E-state index contributed by atoms with van der Waals surface area (Å²) in [7, 11) is 0. The molecule has 5 aromatic rings. The summed E-state index contributed by atoms with van der Waals surface area (Å²) >= 11 is 6.77. The number of amides is 1. The van der Waals surface area contributed by atoms with Crippen LogP contribution in [0.25, 0.3) is 22.3 Å². The Labute approximate surface area is 337 Å². The highest BCUT2D eigenvalue weighted by molar-refractivity contribution is 6.32. The average Bonchev–Trinajstić information content (AvgIpc) is 3.21. The lowest BCUT2D eigenvalue weighted by Crippen LogP contribution is -2.52. The Bertz CT molecular complexity index is 2340. The van der Waals surface area contributed by atoms with Gasteiger partial charge in [0, 0.05) is 62.2 Å². The van der Waals surface area contributed by atoms with Crippen molar-refractivity contribution in [3.63, 3.8) is 0 Å². The summed E-state index contributed by atoms with van der Waals surface area (Å²) in [6.07, 6.45) is 3.92. The van der Waals surface area contributed by atoms with E-state index in [1.54, 1.807) is 24.4 Å². The second-order valence-electron chi connectivity index (χ2n) is 14.6. The summed E-state index contributed by atoms with van der Waals surface area (Å²) in [6, 6.07) is 26.5. The van der Waals surface area contributed by atoms with Gasteiger partial charge in [0.15, 0.2) is 0 Å². The number of hydrogen-bond donors (Lipinski definition) is 5. The number of nitriles is 1. The van der Waals surface area contributed by atoms with Gasteiger partial charge in [-0.25, -0.2) is 0 Å². The Morgan fingerprint density at radius 1 is 0.947 bits per heavy atom. The second kappa shape index (κ2) is 18.0. The Kier molecular flexibility index (Phi) is 12.9. The first-order valence-electron chi connectivity index (χ1n) is 18.7. The maximum atomic E-state index is 11.9. The summed E-state index contributed by atoms with van der Waals surface area (Å²) in [4.78, 5) is 27.4. The number of hydrogen-bond acceptors (Lipinski definition) is 9. The van der Waals surface area contributed by atoms with Crippen molar-refractivity contribution >= 4 is 23.5 Å². The SMILES string of the molecule is CC(=O)NCC1Cc2ccc(-c3cccc(-c4cccc(COc5cc(OCc6cncc(C#N)c6)c(CNC(C)(CO)C(=O)O)cc5Cl)c4C)c3C)cc2CN1. The van der Waals surface area contributed by atoms with E-state index in [1.807, 2.05) is 12.1 Å². The molecule has 1 aromatic heterocycles. The van der Waals surface area contributed by atoms with Crippen molar-refractivity contribution < 1.29 is 29.3 Å². The number of aliphatic carboxylic acids is 1. The highest BCUT2D eigenvalue weighted by atomic mass is 35.5. The third-order valence-electron chi connectivity index (χ3n) is 10.5. The lowest BCUT2D eigenvalue weighted by atomic mass is 9.87. The van der Waals surface area contributed by atoms with Gasteiger partial charge in [0.1, 0.15) is 36.3 Å². The zero-order chi connectivity index (χ0) is 40.7. The fourth-order valence-electron chi connectivity index (χ4n) is 6.92. The number of nitrogens with zero attached hydrogens (tertiary/aromatic N) is 2. The van der Waals surface area contributed by atoms with Crippen molar-refractivity contribution in [2.75, 3.05) is 13.2 Å². The smallest absolute Gasteiger partial charge is 0.326 e. The maximum absolute atomic E-state index is 11.9. The molecule has 11 nitrogen and oxygen atoms in total. The van der Waals surface area contributed by atoms with Crippen LogP contribution >= 0.6 is 11.6 Å². The number of halogens is 1. The molecule has 6 rings (SSSR count). The number of rotatable bonds is 15. The molecule has 1 aliphatic rings. The van der Waals surface area contributed by atoms with Crippen molar-refractivity contribution in [2.24, 2.45) is 0 Å². The number of ether oxygens (including phenoxy) is 2. The molecule has 0 saturated heterocycles. The van der Waals surface area contributed by atoms with Gasteiger partial charge >= 0.3 is 5.97 Å². The fourth-order valence-corrected chi connectivity index (χ4v) is 7.17. The molecule has 1 amide bonds. The van der Waals surface area contributed by atoms with Crippen LogP contribution in [0, 0.1) is 25.2 Å². The van der Waals surface area contributed by atoms with E-state index in [0.29, 0.717) is 39.8 Å². The molecule has 294 valence electrons. The molecule has 2 atom stereocenters. The predicted octanol–water partition coefficient (Wildman–Crippen LogP) is 6.79. The molecule has 1 aliphatic heterocycles. The first-order chi connectivity index (χ1) is 27.4. The van der Waals surface area contributed by atoms with Gasteiger partial charge in [-0.05, 0) is 95.5 Å². The molecule has 0 bridgehead atoms. The molecule has 5 N–H and O–H groups in total. The molecule has 0 aliphatic carbocycles. The third-order valence-corrected chi connectivity index (χ3v) is 10.8. The highest BCUT2D eigenvalue weighted by Gasteiger charge is 2.32. The summed E-state index contributed by atoms with van der Waals surface area (Å²) in [5, 5.41) is 38.5. The molecule has 57 heavy (non-hydrogen) atoms. The Hall–Kier alpha value is -5.77. The number of nitrogens with one attached hydrogen (secondary N) is 3. The minimum Gasteiger partial charge on any atom is -0.488 e. The van der Waals surface area contributed by atoms with Gasteiger partial charge in [-0.3, -0.25) is 19.9 Å². The summed E-state index contributed by atoms with van der Waals surface area (Å²) < 4.78 is 12.5. The standard InChI is InChI=1S/C45H46ClN5O6/c1-27-34(7-5-9-39(27)40-10-6-8-38(28(40)2)33-12-11-32-15-37(23-49-29(3)53)50-21-35(32)14-33)25-57-43-17-42(56-24-31-13-30(18-47)19-48-20-31)36(16-41(43)46)22-51-45(4,26-52)44(54)55/h5-14,16-17,19-20,37,50-52H,15,21-26H2,1-4H3,(H,49,53)(H,54,55). The molecule has 0 radical (unpaired) electrons. The van der Waals surface area contributed by atoms with Crippen LogP contribution in [0.5, 0.6) is 11.5 Å². The number of benzene rings is 4. The van der Waals surface area contributed by atoms with Crippen LogP contribution in [0.2, 0.25) is 5.02 Å². The van der Waals surface area contributed by atoms with Crippen LogP contribution in [-0.4, -0.2) is 51.8 Å². The molecule has 0 saturated carbocycles. The number of aromatic nitrogens is 1. The van der Waals surface area contributed by atoms with Crippen molar-refractivity contribution in [3.05, 3.63) is 135 Å². The molecular weight excluding hydrogens is 742 g/mol. The van der Waals surface area contributed by atoms with E-state index >= 15 is 0 Å². The summed E-state index contributed by atoms with van der Waals surface area (Å²) in [6.45, 7) is 8.20.